The first-order valence-electron chi connectivity index (χ1n) is 6.80. The quantitative estimate of drug-likeness (QED) is 0.444. The molecule has 8 nitrogen and oxygen atoms in total. The largest absolute Gasteiger partial charge is 0.346 e. The molecule has 0 aromatic rings. The molecule has 0 rings (SSSR count). The van der Waals surface area contributed by atoms with Crippen molar-refractivity contribution >= 4 is 32.2 Å². The molecule has 0 radical (unpaired) electrons. The monoisotopic (exact) mass is 358 g/mol. The van der Waals surface area contributed by atoms with Crippen LogP contribution in [0, 0.1) is 0 Å². The highest BCUT2D eigenvalue weighted by Crippen LogP contribution is 2.10. The van der Waals surface area contributed by atoms with Gasteiger partial charge in [-0.1, -0.05) is 0 Å². The van der Waals surface area contributed by atoms with E-state index in [9.17, 15) is 26.4 Å². The summed E-state index contributed by atoms with van der Waals surface area (Å²) in [5.41, 5.74) is 0. The van der Waals surface area contributed by atoms with E-state index in [0.29, 0.717) is 0 Å². The SMILES string of the molecule is CC(C)S(=O)(=O)OC(=O)CCCCC(=O)OS(=O)(=O)C(C)C. The summed E-state index contributed by atoms with van der Waals surface area (Å²) in [4.78, 5) is 22.6. The van der Waals surface area contributed by atoms with Crippen molar-refractivity contribution in [3.05, 3.63) is 0 Å². The molecule has 0 aliphatic rings. The Bertz CT molecular complexity index is 533. The zero-order chi connectivity index (χ0) is 17.6. The number of carbonyl (C=O) groups excluding carboxylic acids is 2. The summed E-state index contributed by atoms with van der Waals surface area (Å²) in [6.07, 6.45) is -0.00112. The Morgan fingerprint density at radius 3 is 1.23 bits per heavy atom. The molecule has 0 aliphatic heterocycles. The first-order chi connectivity index (χ1) is 9.88. The predicted molar refractivity (Wildman–Crippen MR) is 78.8 cm³/mol. The maximum Gasteiger partial charge on any atom is 0.322 e. The minimum Gasteiger partial charge on any atom is -0.346 e. The summed E-state index contributed by atoms with van der Waals surface area (Å²) < 4.78 is 54.0. The highest BCUT2D eigenvalue weighted by molar-refractivity contribution is 7.88. The second-order valence-corrected chi connectivity index (χ2v) is 9.39. The molecule has 0 bridgehead atoms. The molecule has 0 aromatic carbocycles. The van der Waals surface area contributed by atoms with Gasteiger partial charge >= 0.3 is 32.2 Å². The van der Waals surface area contributed by atoms with E-state index in [1.165, 1.54) is 27.7 Å². The van der Waals surface area contributed by atoms with Crippen LogP contribution >= 0.6 is 0 Å². The van der Waals surface area contributed by atoms with E-state index in [-0.39, 0.29) is 25.7 Å². The maximum atomic E-state index is 11.3. The molecule has 22 heavy (non-hydrogen) atoms. The summed E-state index contributed by atoms with van der Waals surface area (Å²) >= 11 is 0. The molecule has 0 spiro atoms. The van der Waals surface area contributed by atoms with Gasteiger partial charge in [0.15, 0.2) is 0 Å². The Labute approximate surface area is 131 Å². The standard InChI is InChI=1S/C12H22O8S2/c1-9(2)21(15,16)19-11(13)7-5-6-8-12(14)20-22(17,18)10(3)4/h9-10H,5-8H2,1-4H3. The summed E-state index contributed by atoms with van der Waals surface area (Å²) in [5.74, 6) is -1.81. The number of hydrogen-bond acceptors (Lipinski definition) is 8. The Hall–Kier alpha value is -1.16. The zero-order valence-corrected chi connectivity index (χ0v) is 14.7. The molecule has 0 heterocycles. The van der Waals surface area contributed by atoms with Crippen molar-refractivity contribution in [1.29, 1.82) is 0 Å². The van der Waals surface area contributed by atoms with E-state index in [4.69, 9.17) is 0 Å². The third kappa shape index (κ3) is 7.74. The van der Waals surface area contributed by atoms with Crippen LogP contribution in [0.3, 0.4) is 0 Å². The van der Waals surface area contributed by atoms with E-state index in [2.05, 4.69) is 8.37 Å². The second kappa shape index (κ2) is 8.47. The van der Waals surface area contributed by atoms with Gasteiger partial charge in [-0.2, -0.15) is 16.8 Å². The molecule has 0 amide bonds. The lowest BCUT2D eigenvalue weighted by molar-refractivity contribution is -0.136. The Morgan fingerprint density at radius 1 is 0.727 bits per heavy atom. The predicted octanol–water partition coefficient (Wildman–Crippen LogP) is 1.11. The van der Waals surface area contributed by atoms with Crippen molar-refractivity contribution in [2.24, 2.45) is 0 Å². The molecule has 130 valence electrons. The average Bonchev–Trinajstić information content (AvgIpc) is 2.33. The molecule has 0 unspecified atom stereocenters. The van der Waals surface area contributed by atoms with Crippen LogP contribution in [0.4, 0.5) is 0 Å². The molecule has 0 N–H and O–H groups in total. The number of carbonyl (C=O) groups is 2. The highest BCUT2D eigenvalue weighted by Gasteiger charge is 2.22. The minimum atomic E-state index is -3.90. The molecule has 0 aromatic heterocycles. The number of unbranched alkanes of at least 4 members (excludes halogenated alkanes) is 1. The van der Waals surface area contributed by atoms with Crippen LogP contribution in [0.15, 0.2) is 0 Å². The van der Waals surface area contributed by atoms with Crippen LogP contribution in [0.25, 0.3) is 0 Å². The van der Waals surface area contributed by atoms with Crippen LogP contribution in [-0.4, -0.2) is 39.3 Å². The molecule has 10 heteroatoms. The third-order valence-electron chi connectivity index (χ3n) is 2.58. The van der Waals surface area contributed by atoms with Gasteiger partial charge in [0.1, 0.15) is 0 Å². The van der Waals surface area contributed by atoms with Crippen LogP contribution in [0.2, 0.25) is 0 Å². The molecule has 0 saturated carbocycles. The van der Waals surface area contributed by atoms with E-state index in [0.717, 1.165) is 0 Å². The number of hydrogen-bond donors (Lipinski definition) is 0. The fourth-order valence-corrected chi connectivity index (χ4v) is 2.14. The Balaban J connectivity index is 4.09. The Kier molecular flexibility index (Phi) is 8.02. The van der Waals surface area contributed by atoms with Gasteiger partial charge in [0, 0.05) is 12.8 Å². The molecule has 0 atom stereocenters. The van der Waals surface area contributed by atoms with Crippen molar-refractivity contribution in [1.82, 2.24) is 0 Å². The highest BCUT2D eigenvalue weighted by atomic mass is 32.2. The van der Waals surface area contributed by atoms with Crippen LogP contribution in [-0.2, 0) is 38.2 Å². The Morgan fingerprint density at radius 2 is 1.00 bits per heavy atom. The second-order valence-electron chi connectivity index (χ2n) is 5.20. The van der Waals surface area contributed by atoms with Gasteiger partial charge < -0.3 is 8.37 Å². The molecule has 0 saturated heterocycles. The fourth-order valence-electron chi connectivity index (χ4n) is 1.07. The van der Waals surface area contributed by atoms with E-state index in [1.54, 1.807) is 0 Å². The summed E-state index contributed by atoms with van der Waals surface area (Å²) in [6.45, 7) is 5.53. The third-order valence-corrected chi connectivity index (χ3v) is 5.73. The minimum absolute atomic E-state index is 0.184. The zero-order valence-electron chi connectivity index (χ0n) is 13.1. The van der Waals surface area contributed by atoms with Gasteiger partial charge in [-0.25, -0.2) is 0 Å². The van der Waals surface area contributed by atoms with Crippen LogP contribution < -0.4 is 0 Å². The van der Waals surface area contributed by atoms with Crippen molar-refractivity contribution < 1.29 is 34.8 Å². The first-order valence-corrected chi connectivity index (χ1v) is 9.75. The lowest BCUT2D eigenvalue weighted by Gasteiger charge is -2.09. The smallest absolute Gasteiger partial charge is 0.322 e. The van der Waals surface area contributed by atoms with Crippen molar-refractivity contribution in [2.45, 2.75) is 63.9 Å². The average molecular weight is 358 g/mol. The van der Waals surface area contributed by atoms with Gasteiger partial charge in [-0.3, -0.25) is 9.59 Å². The van der Waals surface area contributed by atoms with Gasteiger partial charge in [-0.05, 0) is 40.5 Å². The van der Waals surface area contributed by atoms with Gasteiger partial charge in [0.2, 0.25) is 0 Å². The summed E-state index contributed by atoms with van der Waals surface area (Å²) in [5, 5.41) is -1.65. The fraction of sp³-hybridized carbons (Fsp3) is 0.833. The molecule has 0 aliphatic carbocycles. The first kappa shape index (κ1) is 20.8. The van der Waals surface area contributed by atoms with E-state index >= 15 is 0 Å². The normalized spacial score (nSPS) is 12.5. The van der Waals surface area contributed by atoms with Crippen LogP contribution in [0.1, 0.15) is 53.4 Å². The molecular weight excluding hydrogens is 336 g/mol. The van der Waals surface area contributed by atoms with Gasteiger partial charge in [-0.15, -0.1) is 0 Å². The van der Waals surface area contributed by atoms with E-state index in [1.807, 2.05) is 0 Å². The topological polar surface area (TPSA) is 121 Å². The lowest BCUT2D eigenvalue weighted by atomic mass is 10.2. The maximum absolute atomic E-state index is 11.3. The van der Waals surface area contributed by atoms with Crippen molar-refractivity contribution in [3.63, 3.8) is 0 Å². The van der Waals surface area contributed by atoms with E-state index < -0.39 is 42.7 Å². The van der Waals surface area contributed by atoms with Gasteiger partial charge in [0.25, 0.3) is 0 Å². The summed E-state index contributed by atoms with van der Waals surface area (Å²) in [7, 11) is -7.81. The van der Waals surface area contributed by atoms with Crippen molar-refractivity contribution in [2.75, 3.05) is 0 Å². The molecular formula is C12H22O8S2. The molecule has 0 fully saturated rings. The lowest BCUT2D eigenvalue weighted by Crippen LogP contribution is -2.21. The number of rotatable bonds is 9. The van der Waals surface area contributed by atoms with Crippen molar-refractivity contribution in [3.8, 4) is 0 Å². The summed E-state index contributed by atoms with van der Waals surface area (Å²) in [6, 6.07) is 0. The van der Waals surface area contributed by atoms with Crippen LogP contribution in [0.5, 0.6) is 0 Å². The van der Waals surface area contributed by atoms with Gasteiger partial charge in [0.05, 0.1) is 10.5 Å².